The van der Waals surface area contributed by atoms with Crippen molar-refractivity contribution in [3.8, 4) is 5.75 Å². The van der Waals surface area contributed by atoms with Gasteiger partial charge in [-0.2, -0.15) is 0 Å². The Balaban J connectivity index is 1.51. The fourth-order valence-electron chi connectivity index (χ4n) is 2.78. The summed E-state index contributed by atoms with van der Waals surface area (Å²) >= 11 is 4.82. The van der Waals surface area contributed by atoms with Gasteiger partial charge in [-0.05, 0) is 70.8 Å². The van der Waals surface area contributed by atoms with Crippen molar-refractivity contribution in [2.24, 2.45) is 0 Å². The number of nitrogens with one attached hydrogen (secondary N) is 1. The molecule has 1 N–H and O–H groups in total. The summed E-state index contributed by atoms with van der Waals surface area (Å²) in [5.41, 5.74) is 1.07. The molecule has 1 aromatic carbocycles. The lowest BCUT2D eigenvalue weighted by Gasteiger charge is -2.23. The lowest BCUT2D eigenvalue weighted by atomic mass is 9.98. The first kappa shape index (κ1) is 16.5. The van der Waals surface area contributed by atoms with Crippen LogP contribution in [0, 0.1) is 0 Å². The van der Waals surface area contributed by atoms with Gasteiger partial charge in [-0.3, -0.25) is 4.79 Å². The van der Waals surface area contributed by atoms with Gasteiger partial charge in [0.15, 0.2) is 0 Å². The molecule has 2 aromatic rings. The van der Waals surface area contributed by atoms with Crippen LogP contribution in [0.25, 0.3) is 0 Å². The maximum atomic E-state index is 12.1. The normalized spacial score (nSPS) is 15.3. The van der Waals surface area contributed by atoms with Crippen LogP contribution in [0.4, 0.5) is 0 Å². The minimum atomic E-state index is -0.0468. The minimum Gasteiger partial charge on any atom is -0.490 e. The molecule has 0 aliphatic heterocycles. The molecule has 122 valence electrons. The summed E-state index contributed by atoms with van der Waals surface area (Å²) in [5, 5.41) is 4.84. The van der Waals surface area contributed by atoms with Crippen LogP contribution in [0.2, 0.25) is 0 Å². The number of amides is 1. The van der Waals surface area contributed by atoms with Gasteiger partial charge in [0.25, 0.3) is 5.91 Å². The van der Waals surface area contributed by atoms with Gasteiger partial charge in [0.2, 0.25) is 0 Å². The van der Waals surface area contributed by atoms with E-state index in [0.29, 0.717) is 17.5 Å². The Labute approximate surface area is 149 Å². The SMILES string of the molecule is O=C(NCc1ccc(OC2CCCCC2)cc1)c1sccc1Br. The molecule has 23 heavy (non-hydrogen) atoms. The maximum absolute atomic E-state index is 12.1. The first-order chi connectivity index (χ1) is 11.2. The Hall–Kier alpha value is -1.33. The summed E-state index contributed by atoms with van der Waals surface area (Å²) < 4.78 is 6.86. The van der Waals surface area contributed by atoms with Gasteiger partial charge in [0, 0.05) is 11.0 Å². The highest BCUT2D eigenvalue weighted by Crippen LogP contribution is 2.24. The third-order valence-corrected chi connectivity index (χ3v) is 5.89. The summed E-state index contributed by atoms with van der Waals surface area (Å²) in [7, 11) is 0. The number of carbonyl (C=O) groups is 1. The molecule has 1 heterocycles. The number of rotatable bonds is 5. The summed E-state index contributed by atoms with van der Waals surface area (Å²) in [6.07, 6.45) is 6.56. The molecule has 0 saturated heterocycles. The van der Waals surface area contributed by atoms with Crippen molar-refractivity contribution in [2.75, 3.05) is 0 Å². The zero-order valence-corrected chi connectivity index (χ0v) is 15.3. The Morgan fingerprint density at radius 1 is 1.17 bits per heavy atom. The topological polar surface area (TPSA) is 38.3 Å². The van der Waals surface area contributed by atoms with Crippen molar-refractivity contribution < 1.29 is 9.53 Å². The minimum absolute atomic E-state index is 0.0468. The van der Waals surface area contributed by atoms with E-state index in [4.69, 9.17) is 4.74 Å². The first-order valence-corrected chi connectivity index (χ1v) is 9.66. The van der Waals surface area contributed by atoms with Gasteiger partial charge >= 0.3 is 0 Å². The number of carbonyl (C=O) groups excluding carboxylic acids is 1. The van der Waals surface area contributed by atoms with E-state index in [1.165, 1.54) is 30.6 Å². The number of thiophene rings is 1. The Kier molecular flexibility index (Phi) is 5.73. The first-order valence-electron chi connectivity index (χ1n) is 7.99. The van der Waals surface area contributed by atoms with Crippen molar-refractivity contribution in [3.63, 3.8) is 0 Å². The molecule has 3 nitrogen and oxygen atoms in total. The average molecular weight is 394 g/mol. The molecular formula is C18H20BrNO2S. The summed E-state index contributed by atoms with van der Waals surface area (Å²) in [4.78, 5) is 12.8. The van der Waals surface area contributed by atoms with Crippen molar-refractivity contribution in [3.05, 3.63) is 50.6 Å². The highest BCUT2D eigenvalue weighted by Gasteiger charge is 2.15. The molecule has 0 unspecified atom stereocenters. The molecule has 0 radical (unpaired) electrons. The van der Waals surface area contributed by atoms with Gasteiger partial charge in [0.05, 0.1) is 6.10 Å². The Morgan fingerprint density at radius 2 is 1.91 bits per heavy atom. The fraction of sp³-hybridized carbons (Fsp3) is 0.389. The zero-order valence-electron chi connectivity index (χ0n) is 12.9. The van der Waals surface area contributed by atoms with Crippen LogP contribution in [0.3, 0.4) is 0 Å². The van der Waals surface area contributed by atoms with E-state index in [0.717, 1.165) is 28.6 Å². The molecule has 1 saturated carbocycles. The maximum Gasteiger partial charge on any atom is 0.262 e. The van der Waals surface area contributed by atoms with Gasteiger partial charge in [-0.15, -0.1) is 11.3 Å². The Bertz CT molecular complexity index is 647. The second-order valence-corrected chi connectivity index (χ2v) is 7.57. The molecule has 1 aromatic heterocycles. The van der Waals surface area contributed by atoms with Crippen molar-refractivity contribution in [2.45, 2.75) is 44.8 Å². The predicted octanol–water partition coefficient (Wildman–Crippen LogP) is 5.15. The third-order valence-electron chi connectivity index (χ3n) is 4.05. The summed E-state index contributed by atoms with van der Waals surface area (Å²) in [5.74, 6) is 0.877. The van der Waals surface area contributed by atoms with Gasteiger partial charge in [-0.25, -0.2) is 0 Å². The summed E-state index contributed by atoms with van der Waals surface area (Å²) in [6, 6.07) is 9.91. The number of benzene rings is 1. The largest absolute Gasteiger partial charge is 0.490 e. The van der Waals surface area contributed by atoms with Crippen LogP contribution in [0.1, 0.15) is 47.3 Å². The third kappa shape index (κ3) is 4.58. The summed E-state index contributed by atoms with van der Waals surface area (Å²) in [6.45, 7) is 0.521. The van der Waals surface area contributed by atoms with E-state index < -0.39 is 0 Å². The number of hydrogen-bond acceptors (Lipinski definition) is 3. The lowest BCUT2D eigenvalue weighted by Crippen LogP contribution is -2.22. The number of hydrogen-bond donors (Lipinski definition) is 1. The van der Waals surface area contributed by atoms with Gasteiger partial charge in [-0.1, -0.05) is 18.6 Å². The quantitative estimate of drug-likeness (QED) is 0.762. The molecular weight excluding hydrogens is 374 g/mol. The molecule has 1 fully saturated rings. The van der Waals surface area contributed by atoms with Crippen molar-refractivity contribution in [1.82, 2.24) is 5.32 Å². The van der Waals surface area contributed by atoms with E-state index in [1.54, 1.807) is 0 Å². The van der Waals surface area contributed by atoms with Crippen molar-refractivity contribution in [1.29, 1.82) is 0 Å². The van der Waals surface area contributed by atoms with E-state index >= 15 is 0 Å². The van der Waals surface area contributed by atoms with E-state index in [9.17, 15) is 4.79 Å². The fourth-order valence-corrected chi connectivity index (χ4v) is 4.25. The standard InChI is InChI=1S/C18H20BrNO2S/c19-16-10-11-23-17(16)18(21)20-12-13-6-8-15(9-7-13)22-14-4-2-1-3-5-14/h6-11,14H,1-5,12H2,(H,20,21). The highest BCUT2D eigenvalue weighted by atomic mass is 79.9. The van der Waals surface area contributed by atoms with Gasteiger partial charge < -0.3 is 10.1 Å². The lowest BCUT2D eigenvalue weighted by molar-refractivity contribution is 0.0954. The Morgan fingerprint density at radius 3 is 2.57 bits per heavy atom. The zero-order chi connectivity index (χ0) is 16.1. The van der Waals surface area contributed by atoms with Crippen LogP contribution in [0.15, 0.2) is 40.2 Å². The molecule has 3 rings (SSSR count). The van der Waals surface area contributed by atoms with Crippen LogP contribution >= 0.6 is 27.3 Å². The molecule has 1 aliphatic carbocycles. The van der Waals surface area contributed by atoms with Crippen molar-refractivity contribution >= 4 is 33.2 Å². The second-order valence-electron chi connectivity index (χ2n) is 5.80. The molecule has 0 bridgehead atoms. The molecule has 1 amide bonds. The van der Waals surface area contributed by atoms with Crippen LogP contribution in [-0.4, -0.2) is 12.0 Å². The highest BCUT2D eigenvalue weighted by molar-refractivity contribution is 9.10. The number of halogens is 1. The average Bonchev–Trinajstić information content (AvgIpc) is 3.01. The van der Waals surface area contributed by atoms with Crippen LogP contribution in [-0.2, 0) is 6.54 Å². The van der Waals surface area contributed by atoms with Crippen LogP contribution < -0.4 is 10.1 Å². The second kappa shape index (κ2) is 7.97. The molecule has 1 aliphatic rings. The van der Waals surface area contributed by atoms with Gasteiger partial charge in [0.1, 0.15) is 10.6 Å². The number of ether oxygens (including phenoxy) is 1. The molecule has 0 spiro atoms. The van der Waals surface area contributed by atoms with E-state index in [2.05, 4.69) is 21.2 Å². The molecule has 0 atom stereocenters. The molecule has 5 heteroatoms. The van der Waals surface area contributed by atoms with Crippen LogP contribution in [0.5, 0.6) is 5.75 Å². The van der Waals surface area contributed by atoms with E-state index in [-0.39, 0.29) is 5.91 Å². The smallest absolute Gasteiger partial charge is 0.262 e. The monoisotopic (exact) mass is 393 g/mol. The van der Waals surface area contributed by atoms with E-state index in [1.807, 2.05) is 35.7 Å². The predicted molar refractivity (Wildman–Crippen MR) is 97.1 cm³/mol.